The lowest BCUT2D eigenvalue weighted by Crippen LogP contribution is -2.46. The molecule has 3 N–H and O–H groups in total. The fourth-order valence-corrected chi connectivity index (χ4v) is 7.57. The summed E-state index contributed by atoms with van der Waals surface area (Å²) >= 11 is 0. The molecule has 2 saturated heterocycles. The summed E-state index contributed by atoms with van der Waals surface area (Å²) < 4.78 is 35.0. The largest absolute Gasteiger partial charge is 0.494 e. The Morgan fingerprint density at radius 2 is 1.72 bits per heavy atom. The van der Waals surface area contributed by atoms with E-state index in [1.807, 2.05) is 42.5 Å². The molecule has 2 aliphatic heterocycles. The van der Waals surface area contributed by atoms with Gasteiger partial charge in [0.25, 0.3) is 0 Å². The third-order valence-electron chi connectivity index (χ3n) is 8.80. The average Bonchev–Trinajstić information content (AvgIpc) is 3.39. The predicted octanol–water partition coefficient (Wildman–Crippen LogP) is 4.57. The standard InChI is InChI=1S/C35H44N6O4S/c1-39(2)17-6-18-40-19-21-41(22-20-40)29-11-9-27(10-12-29)36-34(26-7-4-3-5-8-26)33-31-25-30(13-14-32(31)37-35(33)42)46(43,44)38-28-15-23-45-24-16-28/h3-5,7-14,25,28,37-38,42H,6,15-24H2,1-2H3. The number of nitrogens with zero attached hydrogens (tertiary/aromatic N) is 4. The number of H-pyrrole nitrogens is 1. The SMILES string of the molecule is CN(C)CCCN1CCN(c2ccc(N=C(c3ccccc3)c3c(O)[nH]c4ccc(S(=O)(=O)NC5CCOCC5)cc34)cc2)CC1. The highest BCUT2D eigenvalue weighted by molar-refractivity contribution is 7.89. The molecule has 0 amide bonds. The van der Waals surface area contributed by atoms with Gasteiger partial charge in [-0.15, -0.1) is 0 Å². The molecule has 0 bridgehead atoms. The molecule has 0 saturated carbocycles. The first-order valence-electron chi connectivity index (χ1n) is 16.1. The smallest absolute Gasteiger partial charge is 0.240 e. The maximum atomic E-state index is 13.4. The van der Waals surface area contributed by atoms with Gasteiger partial charge in [0.1, 0.15) is 0 Å². The predicted molar refractivity (Wildman–Crippen MR) is 184 cm³/mol. The van der Waals surface area contributed by atoms with Crippen LogP contribution < -0.4 is 9.62 Å². The van der Waals surface area contributed by atoms with Gasteiger partial charge in [0.2, 0.25) is 10.0 Å². The number of hydrogen-bond donors (Lipinski definition) is 3. The van der Waals surface area contributed by atoms with E-state index >= 15 is 0 Å². The summed E-state index contributed by atoms with van der Waals surface area (Å²) in [5, 5.41) is 11.8. The Labute approximate surface area is 271 Å². The number of ether oxygens (including phenoxy) is 1. The van der Waals surface area contributed by atoms with Gasteiger partial charge in [-0.05, 0) is 88.9 Å². The van der Waals surface area contributed by atoms with Crippen LogP contribution in [0.15, 0.2) is 82.7 Å². The quantitative estimate of drug-likeness (QED) is 0.205. The Bertz CT molecular complexity index is 1740. The molecule has 46 heavy (non-hydrogen) atoms. The summed E-state index contributed by atoms with van der Waals surface area (Å²) in [4.78, 5) is 15.4. The molecular weight excluding hydrogens is 600 g/mol. The maximum Gasteiger partial charge on any atom is 0.240 e. The highest BCUT2D eigenvalue weighted by Crippen LogP contribution is 2.33. The molecule has 0 spiro atoms. The third kappa shape index (κ3) is 7.62. The summed E-state index contributed by atoms with van der Waals surface area (Å²) in [6, 6.07) is 22.6. The van der Waals surface area contributed by atoms with Gasteiger partial charge in [-0.25, -0.2) is 18.1 Å². The summed E-state index contributed by atoms with van der Waals surface area (Å²) in [5.41, 5.74) is 4.34. The number of aromatic amines is 1. The second-order valence-electron chi connectivity index (χ2n) is 12.4. The molecule has 4 aromatic rings. The molecule has 0 atom stereocenters. The lowest BCUT2D eigenvalue weighted by atomic mass is 10.0. The summed E-state index contributed by atoms with van der Waals surface area (Å²) in [6.45, 7) is 7.37. The van der Waals surface area contributed by atoms with Crippen LogP contribution in [-0.2, 0) is 14.8 Å². The van der Waals surface area contributed by atoms with Gasteiger partial charge in [0.05, 0.1) is 21.9 Å². The lowest BCUT2D eigenvalue weighted by molar-refractivity contribution is 0.0832. The summed E-state index contributed by atoms with van der Waals surface area (Å²) in [7, 11) is 0.452. The number of aromatic nitrogens is 1. The van der Waals surface area contributed by atoms with Crippen LogP contribution in [0.2, 0.25) is 0 Å². The van der Waals surface area contributed by atoms with E-state index in [1.165, 1.54) is 6.42 Å². The van der Waals surface area contributed by atoms with Crippen LogP contribution in [0.1, 0.15) is 30.4 Å². The average molecular weight is 645 g/mol. The normalized spacial score (nSPS) is 17.3. The van der Waals surface area contributed by atoms with Crippen molar-refractivity contribution in [2.24, 2.45) is 4.99 Å². The Morgan fingerprint density at radius 1 is 1.00 bits per heavy atom. The van der Waals surface area contributed by atoms with Crippen molar-refractivity contribution in [3.8, 4) is 5.88 Å². The molecule has 11 heteroatoms. The fraction of sp³-hybridized carbons (Fsp3) is 0.400. The number of piperazine rings is 1. The number of sulfonamides is 1. The zero-order valence-electron chi connectivity index (χ0n) is 26.7. The van der Waals surface area contributed by atoms with E-state index in [9.17, 15) is 13.5 Å². The molecule has 0 aliphatic carbocycles. The summed E-state index contributed by atoms with van der Waals surface area (Å²) in [6.07, 6.45) is 2.45. The van der Waals surface area contributed by atoms with Gasteiger partial charge in [-0.3, -0.25) is 4.90 Å². The van der Waals surface area contributed by atoms with Gasteiger partial charge < -0.3 is 24.6 Å². The van der Waals surface area contributed by atoms with Crippen molar-refractivity contribution in [2.75, 3.05) is 71.5 Å². The molecule has 244 valence electrons. The first kappa shape index (κ1) is 32.2. The molecule has 1 aromatic heterocycles. The van der Waals surface area contributed by atoms with Crippen molar-refractivity contribution >= 4 is 38.0 Å². The number of rotatable bonds is 11. The van der Waals surface area contributed by atoms with Crippen LogP contribution in [0.25, 0.3) is 10.9 Å². The second-order valence-corrected chi connectivity index (χ2v) is 14.1. The first-order chi connectivity index (χ1) is 22.3. The van der Waals surface area contributed by atoms with Crippen molar-refractivity contribution in [2.45, 2.75) is 30.2 Å². The fourth-order valence-electron chi connectivity index (χ4n) is 6.23. The van der Waals surface area contributed by atoms with Gasteiger partial charge >= 0.3 is 0 Å². The molecule has 0 radical (unpaired) electrons. The maximum absolute atomic E-state index is 13.4. The van der Waals surface area contributed by atoms with E-state index in [0.29, 0.717) is 48.2 Å². The number of anilines is 1. The van der Waals surface area contributed by atoms with Crippen LogP contribution in [0.3, 0.4) is 0 Å². The Morgan fingerprint density at radius 3 is 2.41 bits per heavy atom. The minimum Gasteiger partial charge on any atom is -0.494 e. The topological polar surface area (TPSA) is 114 Å². The number of fused-ring (bicyclic) bond motifs is 1. The Hall–Kier alpha value is -3.74. The van der Waals surface area contributed by atoms with E-state index < -0.39 is 10.0 Å². The Balaban J connectivity index is 1.27. The van der Waals surface area contributed by atoms with E-state index in [0.717, 1.165) is 56.2 Å². The van der Waals surface area contributed by atoms with E-state index in [2.05, 4.69) is 50.6 Å². The molecule has 3 aromatic carbocycles. The minimum absolute atomic E-state index is 0.0652. The molecule has 0 unspecified atom stereocenters. The van der Waals surface area contributed by atoms with Crippen LogP contribution >= 0.6 is 0 Å². The van der Waals surface area contributed by atoms with Crippen molar-refractivity contribution < 1.29 is 18.3 Å². The van der Waals surface area contributed by atoms with Crippen LogP contribution in [-0.4, -0.2) is 107 Å². The van der Waals surface area contributed by atoms with Crippen molar-refractivity contribution in [1.29, 1.82) is 0 Å². The van der Waals surface area contributed by atoms with Crippen LogP contribution in [0.5, 0.6) is 5.88 Å². The molecule has 3 heterocycles. The number of aromatic hydroxyl groups is 1. The van der Waals surface area contributed by atoms with Crippen LogP contribution in [0.4, 0.5) is 11.4 Å². The van der Waals surface area contributed by atoms with Crippen molar-refractivity contribution in [1.82, 2.24) is 19.5 Å². The number of hydrogen-bond acceptors (Lipinski definition) is 8. The van der Waals surface area contributed by atoms with Gasteiger partial charge in [-0.1, -0.05) is 30.3 Å². The zero-order valence-corrected chi connectivity index (χ0v) is 27.5. The number of benzene rings is 3. The third-order valence-corrected chi connectivity index (χ3v) is 10.3. The van der Waals surface area contributed by atoms with E-state index in [1.54, 1.807) is 18.2 Å². The molecule has 10 nitrogen and oxygen atoms in total. The minimum atomic E-state index is -3.79. The van der Waals surface area contributed by atoms with Gasteiger partial charge in [0.15, 0.2) is 5.88 Å². The Kier molecular flexibility index (Phi) is 10.1. The highest BCUT2D eigenvalue weighted by atomic mass is 32.2. The molecular formula is C35H44N6O4S. The van der Waals surface area contributed by atoms with Gasteiger partial charge in [0, 0.05) is 67.6 Å². The number of nitrogens with one attached hydrogen (secondary N) is 2. The van der Waals surface area contributed by atoms with E-state index in [-0.39, 0.29) is 16.8 Å². The van der Waals surface area contributed by atoms with E-state index in [4.69, 9.17) is 9.73 Å². The zero-order chi connectivity index (χ0) is 32.1. The van der Waals surface area contributed by atoms with Crippen molar-refractivity contribution in [3.05, 3.63) is 83.9 Å². The monoisotopic (exact) mass is 644 g/mol. The highest BCUT2D eigenvalue weighted by Gasteiger charge is 2.25. The van der Waals surface area contributed by atoms with Crippen LogP contribution in [0, 0.1) is 0 Å². The molecule has 2 aliphatic rings. The molecule has 6 rings (SSSR count). The number of aliphatic imine (C=N–C) groups is 1. The van der Waals surface area contributed by atoms with Gasteiger partial charge in [-0.2, -0.15) is 0 Å². The van der Waals surface area contributed by atoms with Crippen molar-refractivity contribution in [3.63, 3.8) is 0 Å². The lowest BCUT2D eigenvalue weighted by Gasteiger charge is -2.36. The first-order valence-corrected chi connectivity index (χ1v) is 17.6. The molecule has 2 fully saturated rings. The second kappa shape index (κ2) is 14.4. The summed E-state index contributed by atoms with van der Waals surface area (Å²) in [5.74, 6) is -0.0652.